The van der Waals surface area contributed by atoms with E-state index in [1.54, 1.807) is 30.3 Å². The summed E-state index contributed by atoms with van der Waals surface area (Å²) in [5.74, 6) is -2.06. The molecule has 0 radical (unpaired) electrons. The minimum Gasteiger partial charge on any atom is -0.480 e. The molecule has 0 aromatic heterocycles. The lowest BCUT2D eigenvalue weighted by Crippen LogP contribution is -2.33. The third kappa shape index (κ3) is 5.78. The summed E-state index contributed by atoms with van der Waals surface area (Å²) in [4.78, 5) is 34.8. The number of halogens is 2. The summed E-state index contributed by atoms with van der Waals surface area (Å²) < 4.78 is 0. The standard InChI is InChI=1S/C21H18Cl2N4O4/c22-12-9-15(23)20-11(7-17(21(30)31)27-16(20)10-12)8-19(29)26-14-3-1-13(2-4-14)25-6-5-18(24)28/h1-6,8-10,17,25,27H,7H2,(H2,24,28)(H,26,29)(H,30,31)/b6-5+,11-8+. The molecule has 160 valence electrons. The quantitative estimate of drug-likeness (QED) is 0.417. The molecule has 1 atom stereocenters. The van der Waals surface area contributed by atoms with E-state index < -0.39 is 23.8 Å². The highest BCUT2D eigenvalue weighted by molar-refractivity contribution is 6.36. The van der Waals surface area contributed by atoms with Crippen LogP contribution in [0.5, 0.6) is 0 Å². The zero-order valence-electron chi connectivity index (χ0n) is 16.0. The first-order chi connectivity index (χ1) is 14.7. The first-order valence-corrected chi connectivity index (χ1v) is 9.81. The summed E-state index contributed by atoms with van der Waals surface area (Å²) in [7, 11) is 0. The first-order valence-electron chi connectivity index (χ1n) is 9.06. The fraction of sp³-hybridized carbons (Fsp3) is 0.0952. The van der Waals surface area contributed by atoms with Gasteiger partial charge in [-0.25, -0.2) is 4.79 Å². The molecule has 0 saturated carbocycles. The first kappa shape index (κ1) is 22.2. The van der Waals surface area contributed by atoms with E-state index in [-0.39, 0.29) is 6.42 Å². The SMILES string of the molecule is NC(=O)/C=C/Nc1ccc(NC(=O)/C=C2\CC(C(=O)O)Nc3cc(Cl)cc(Cl)c32)cc1. The predicted molar refractivity (Wildman–Crippen MR) is 121 cm³/mol. The van der Waals surface area contributed by atoms with Crippen molar-refractivity contribution < 1.29 is 19.5 Å². The number of aliphatic carboxylic acids is 1. The van der Waals surface area contributed by atoms with Crippen LogP contribution in [0.3, 0.4) is 0 Å². The van der Waals surface area contributed by atoms with E-state index in [0.29, 0.717) is 38.2 Å². The molecule has 8 nitrogen and oxygen atoms in total. The molecule has 2 amide bonds. The van der Waals surface area contributed by atoms with E-state index in [9.17, 15) is 19.5 Å². The largest absolute Gasteiger partial charge is 0.480 e. The topological polar surface area (TPSA) is 134 Å². The predicted octanol–water partition coefficient (Wildman–Crippen LogP) is 3.70. The lowest BCUT2D eigenvalue weighted by Gasteiger charge is -2.27. The molecule has 2 aromatic rings. The van der Waals surface area contributed by atoms with Crippen molar-refractivity contribution in [3.63, 3.8) is 0 Å². The molecule has 0 fully saturated rings. The van der Waals surface area contributed by atoms with Gasteiger partial charge in [-0.05, 0) is 42.0 Å². The van der Waals surface area contributed by atoms with Crippen molar-refractivity contribution in [3.05, 3.63) is 70.4 Å². The Kier molecular flexibility index (Phi) is 6.84. The third-order valence-electron chi connectivity index (χ3n) is 4.38. The fourth-order valence-electron chi connectivity index (χ4n) is 3.06. The van der Waals surface area contributed by atoms with Gasteiger partial charge in [0.1, 0.15) is 6.04 Å². The molecule has 0 saturated heterocycles. The number of carbonyl (C=O) groups excluding carboxylic acids is 2. The van der Waals surface area contributed by atoms with Crippen LogP contribution in [-0.2, 0) is 14.4 Å². The van der Waals surface area contributed by atoms with Gasteiger partial charge in [0.05, 0.1) is 5.02 Å². The van der Waals surface area contributed by atoms with Gasteiger partial charge in [-0.2, -0.15) is 0 Å². The van der Waals surface area contributed by atoms with Gasteiger partial charge in [0.15, 0.2) is 0 Å². The van der Waals surface area contributed by atoms with E-state index in [1.807, 2.05) is 0 Å². The fourth-order valence-corrected chi connectivity index (χ4v) is 3.68. The summed E-state index contributed by atoms with van der Waals surface area (Å²) >= 11 is 12.3. The zero-order valence-corrected chi connectivity index (χ0v) is 17.5. The number of nitrogens with one attached hydrogen (secondary N) is 3. The minimum absolute atomic E-state index is 0.0756. The molecule has 10 heteroatoms. The Morgan fingerprint density at radius 1 is 1.13 bits per heavy atom. The maximum Gasteiger partial charge on any atom is 0.326 e. The Balaban J connectivity index is 1.79. The van der Waals surface area contributed by atoms with Gasteiger partial charge in [-0.15, -0.1) is 0 Å². The molecule has 3 rings (SSSR count). The number of hydrogen-bond donors (Lipinski definition) is 5. The van der Waals surface area contributed by atoms with Crippen molar-refractivity contribution in [1.29, 1.82) is 0 Å². The smallest absolute Gasteiger partial charge is 0.326 e. The van der Waals surface area contributed by atoms with Crippen LogP contribution in [0, 0.1) is 0 Å². The van der Waals surface area contributed by atoms with Gasteiger partial charge in [-0.3, -0.25) is 9.59 Å². The molecule has 0 bridgehead atoms. The summed E-state index contributed by atoms with van der Waals surface area (Å²) in [5.41, 5.74) is 7.70. The normalized spacial score (nSPS) is 16.5. The maximum absolute atomic E-state index is 12.6. The molecule has 31 heavy (non-hydrogen) atoms. The number of primary amides is 1. The van der Waals surface area contributed by atoms with Crippen LogP contribution in [0.1, 0.15) is 12.0 Å². The Bertz CT molecular complexity index is 1100. The molecule has 1 heterocycles. The van der Waals surface area contributed by atoms with E-state index in [1.165, 1.54) is 24.4 Å². The Hall–Kier alpha value is -3.49. The van der Waals surface area contributed by atoms with Gasteiger partial charge in [0, 0.05) is 52.4 Å². The molecule has 0 aliphatic carbocycles. The van der Waals surface area contributed by atoms with Crippen LogP contribution in [0.2, 0.25) is 10.0 Å². The number of anilines is 3. The van der Waals surface area contributed by atoms with Crippen molar-refractivity contribution >= 4 is 63.6 Å². The number of hydrogen-bond acceptors (Lipinski definition) is 5. The number of rotatable bonds is 6. The Morgan fingerprint density at radius 2 is 1.81 bits per heavy atom. The lowest BCUT2D eigenvalue weighted by molar-refractivity contribution is -0.137. The lowest BCUT2D eigenvalue weighted by atomic mass is 9.92. The molecule has 1 aliphatic heterocycles. The van der Waals surface area contributed by atoms with Crippen LogP contribution in [0.25, 0.3) is 5.57 Å². The van der Waals surface area contributed by atoms with Gasteiger partial charge in [0.25, 0.3) is 0 Å². The molecule has 1 unspecified atom stereocenters. The highest BCUT2D eigenvalue weighted by Gasteiger charge is 2.29. The van der Waals surface area contributed by atoms with Crippen LogP contribution < -0.4 is 21.7 Å². The van der Waals surface area contributed by atoms with Gasteiger partial charge in [-0.1, -0.05) is 23.2 Å². The number of carboxylic acids is 1. The number of carbonyl (C=O) groups is 3. The van der Waals surface area contributed by atoms with E-state index in [2.05, 4.69) is 16.0 Å². The number of carboxylic acid groups (broad SMARTS) is 1. The number of amides is 2. The molecule has 0 spiro atoms. The molecule has 6 N–H and O–H groups in total. The number of fused-ring (bicyclic) bond motifs is 1. The zero-order chi connectivity index (χ0) is 22.5. The second-order valence-corrected chi connectivity index (χ2v) is 7.51. The third-order valence-corrected chi connectivity index (χ3v) is 4.90. The van der Waals surface area contributed by atoms with Gasteiger partial charge < -0.3 is 26.8 Å². The van der Waals surface area contributed by atoms with Crippen molar-refractivity contribution in [1.82, 2.24) is 0 Å². The second kappa shape index (κ2) is 9.55. The molecular weight excluding hydrogens is 443 g/mol. The van der Waals surface area contributed by atoms with Crippen LogP contribution in [-0.4, -0.2) is 28.9 Å². The maximum atomic E-state index is 12.6. The van der Waals surface area contributed by atoms with E-state index in [0.717, 1.165) is 0 Å². The number of nitrogens with two attached hydrogens (primary N) is 1. The van der Waals surface area contributed by atoms with Crippen molar-refractivity contribution in [3.8, 4) is 0 Å². The summed E-state index contributed by atoms with van der Waals surface area (Å²) in [6.45, 7) is 0. The monoisotopic (exact) mass is 460 g/mol. The van der Waals surface area contributed by atoms with Crippen molar-refractivity contribution in [2.45, 2.75) is 12.5 Å². The van der Waals surface area contributed by atoms with Crippen molar-refractivity contribution in [2.75, 3.05) is 16.0 Å². The van der Waals surface area contributed by atoms with E-state index in [4.69, 9.17) is 28.9 Å². The minimum atomic E-state index is -1.05. The molecule has 1 aliphatic rings. The number of benzene rings is 2. The van der Waals surface area contributed by atoms with Crippen LogP contribution in [0.15, 0.2) is 54.8 Å². The molecule has 2 aromatic carbocycles. The molecular formula is C21H18Cl2N4O4. The van der Waals surface area contributed by atoms with Crippen LogP contribution in [0.4, 0.5) is 17.1 Å². The highest BCUT2D eigenvalue weighted by Crippen LogP contribution is 2.40. The summed E-state index contributed by atoms with van der Waals surface area (Å²) in [6.07, 6.45) is 3.99. The average Bonchev–Trinajstić information content (AvgIpc) is 2.68. The average molecular weight is 461 g/mol. The Morgan fingerprint density at radius 3 is 2.45 bits per heavy atom. The van der Waals surface area contributed by atoms with E-state index >= 15 is 0 Å². The summed E-state index contributed by atoms with van der Waals surface area (Å²) in [5, 5.41) is 18.6. The summed E-state index contributed by atoms with van der Waals surface area (Å²) in [6, 6.07) is 8.93. The highest BCUT2D eigenvalue weighted by atomic mass is 35.5. The van der Waals surface area contributed by atoms with Crippen molar-refractivity contribution in [2.24, 2.45) is 5.73 Å². The van der Waals surface area contributed by atoms with Gasteiger partial charge >= 0.3 is 5.97 Å². The van der Waals surface area contributed by atoms with Crippen LogP contribution >= 0.6 is 23.2 Å². The van der Waals surface area contributed by atoms with Gasteiger partial charge in [0.2, 0.25) is 11.8 Å². The Labute approximate surface area is 187 Å². The second-order valence-electron chi connectivity index (χ2n) is 6.67.